The van der Waals surface area contributed by atoms with Crippen molar-refractivity contribution in [3.05, 3.63) is 22.4 Å². The highest BCUT2D eigenvalue weighted by Crippen LogP contribution is 2.26. The third-order valence-corrected chi connectivity index (χ3v) is 6.45. The number of likely N-dealkylation sites (tertiary alicyclic amines) is 1. The van der Waals surface area contributed by atoms with Crippen LogP contribution in [0.25, 0.3) is 0 Å². The van der Waals surface area contributed by atoms with Crippen molar-refractivity contribution in [3.63, 3.8) is 0 Å². The van der Waals surface area contributed by atoms with Crippen LogP contribution >= 0.6 is 11.3 Å². The first kappa shape index (κ1) is 17.0. The minimum atomic E-state index is 0.391. The molecule has 1 aromatic rings. The van der Waals surface area contributed by atoms with Crippen molar-refractivity contribution in [2.24, 2.45) is 5.92 Å². The van der Waals surface area contributed by atoms with Gasteiger partial charge in [-0.05, 0) is 50.1 Å². The lowest BCUT2D eigenvalue weighted by Gasteiger charge is -2.30. The van der Waals surface area contributed by atoms with Gasteiger partial charge >= 0.3 is 0 Å². The van der Waals surface area contributed by atoms with Gasteiger partial charge in [0.25, 0.3) is 0 Å². The number of amides is 1. The van der Waals surface area contributed by atoms with E-state index < -0.39 is 0 Å². The normalized spacial score (nSPS) is 24.2. The van der Waals surface area contributed by atoms with E-state index in [-0.39, 0.29) is 0 Å². The highest BCUT2D eigenvalue weighted by Gasteiger charge is 2.27. The predicted octanol–water partition coefficient (Wildman–Crippen LogP) is 4.14. The molecule has 1 saturated heterocycles. The molecule has 3 rings (SSSR count). The first-order chi connectivity index (χ1) is 11.2. The predicted molar refractivity (Wildman–Crippen MR) is 96.6 cm³/mol. The van der Waals surface area contributed by atoms with E-state index in [1.54, 1.807) is 0 Å². The Hall–Kier alpha value is -0.870. The lowest BCUT2D eigenvalue weighted by molar-refractivity contribution is -0.131. The van der Waals surface area contributed by atoms with Gasteiger partial charge in [-0.15, -0.1) is 11.3 Å². The molecule has 0 spiro atoms. The summed E-state index contributed by atoms with van der Waals surface area (Å²) in [6.45, 7) is 2.98. The van der Waals surface area contributed by atoms with Gasteiger partial charge in [0.05, 0.1) is 0 Å². The largest absolute Gasteiger partial charge is 0.342 e. The number of hydrogen-bond acceptors (Lipinski definition) is 3. The Morgan fingerprint density at radius 3 is 2.78 bits per heavy atom. The topological polar surface area (TPSA) is 23.6 Å². The molecule has 23 heavy (non-hydrogen) atoms. The molecule has 4 heteroatoms. The molecule has 1 aliphatic heterocycles. The van der Waals surface area contributed by atoms with Gasteiger partial charge in [-0.1, -0.05) is 25.3 Å². The van der Waals surface area contributed by atoms with E-state index in [1.807, 2.05) is 11.3 Å². The molecular formula is C19H30N2OS. The lowest BCUT2D eigenvalue weighted by Crippen LogP contribution is -2.36. The van der Waals surface area contributed by atoms with Crippen LogP contribution in [0.1, 0.15) is 56.2 Å². The lowest BCUT2D eigenvalue weighted by atomic mass is 9.89. The number of carbonyl (C=O) groups is 1. The second-order valence-electron chi connectivity index (χ2n) is 7.32. The van der Waals surface area contributed by atoms with Crippen LogP contribution in [0.3, 0.4) is 0 Å². The maximum atomic E-state index is 12.5. The Kier molecular flexibility index (Phi) is 6.12. The minimum Gasteiger partial charge on any atom is -0.342 e. The van der Waals surface area contributed by atoms with Crippen LogP contribution in [-0.2, 0) is 11.3 Å². The second kappa shape index (κ2) is 8.29. The molecule has 3 nitrogen and oxygen atoms in total. The Morgan fingerprint density at radius 1 is 1.22 bits per heavy atom. The summed E-state index contributed by atoms with van der Waals surface area (Å²) in [5.41, 5.74) is 0. The average Bonchev–Trinajstić information content (AvgIpc) is 3.00. The molecule has 128 valence electrons. The molecule has 0 N–H and O–H groups in total. The summed E-state index contributed by atoms with van der Waals surface area (Å²) in [5, 5.41) is 2.14. The zero-order valence-corrected chi connectivity index (χ0v) is 15.2. The van der Waals surface area contributed by atoms with E-state index in [0.29, 0.717) is 11.9 Å². The van der Waals surface area contributed by atoms with Crippen molar-refractivity contribution >= 4 is 17.2 Å². The molecule has 2 aliphatic rings. The maximum absolute atomic E-state index is 12.5. The zero-order chi connectivity index (χ0) is 16.1. The van der Waals surface area contributed by atoms with Crippen molar-refractivity contribution in [1.82, 2.24) is 9.80 Å². The van der Waals surface area contributed by atoms with Crippen LogP contribution in [0.2, 0.25) is 0 Å². The summed E-state index contributed by atoms with van der Waals surface area (Å²) >= 11 is 1.83. The van der Waals surface area contributed by atoms with Gasteiger partial charge in [-0.3, -0.25) is 9.69 Å². The third kappa shape index (κ3) is 4.80. The monoisotopic (exact) mass is 334 g/mol. The standard InChI is InChI=1S/C19H30N2OS/c1-20(15-18-8-5-13-23-18)17-9-10-19(22)21(12-11-17)14-16-6-3-2-4-7-16/h5,8,13,16-17H,2-4,6-7,9-12,14-15H2,1H3. The van der Waals surface area contributed by atoms with Gasteiger partial charge < -0.3 is 4.90 Å². The van der Waals surface area contributed by atoms with E-state index in [0.717, 1.165) is 44.8 Å². The van der Waals surface area contributed by atoms with Gasteiger partial charge in [0.2, 0.25) is 5.91 Å². The molecule has 0 aromatic carbocycles. The number of rotatable bonds is 5. The molecule has 0 radical (unpaired) electrons. The van der Waals surface area contributed by atoms with Gasteiger partial charge in [-0.25, -0.2) is 0 Å². The Morgan fingerprint density at radius 2 is 2.04 bits per heavy atom. The summed E-state index contributed by atoms with van der Waals surface area (Å²) in [7, 11) is 2.21. The smallest absolute Gasteiger partial charge is 0.222 e. The molecule has 1 aromatic heterocycles. The number of nitrogens with zero attached hydrogens (tertiary/aromatic N) is 2. The van der Waals surface area contributed by atoms with E-state index in [1.165, 1.54) is 37.0 Å². The van der Waals surface area contributed by atoms with Crippen LogP contribution < -0.4 is 0 Å². The number of carbonyl (C=O) groups excluding carboxylic acids is 1. The van der Waals surface area contributed by atoms with Crippen molar-refractivity contribution in [3.8, 4) is 0 Å². The Balaban J connectivity index is 1.51. The number of hydrogen-bond donors (Lipinski definition) is 0. The van der Waals surface area contributed by atoms with Gasteiger partial charge in [0, 0.05) is 37.0 Å². The van der Waals surface area contributed by atoms with E-state index in [4.69, 9.17) is 0 Å². The highest BCUT2D eigenvalue weighted by molar-refractivity contribution is 7.09. The summed E-state index contributed by atoms with van der Waals surface area (Å²) in [6.07, 6.45) is 9.63. The molecule has 2 heterocycles. The summed E-state index contributed by atoms with van der Waals surface area (Å²) < 4.78 is 0. The van der Waals surface area contributed by atoms with Gasteiger partial charge in [0.15, 0.2) is 0 Å². The van der Waals surface area contributed by atoms with Crippen LogP contribution in [0.15, 0.2) is 17.5 Å². The Labute approximate surface area is 144 Å². The zero-order valence-electron chi connectivity index (χ0n) is 14.4. The average molecular weight is 335 g/mol. The van der Waals surface area contributed by atoms with Crippen molar-refractivity contribution in [1.29, 1.82) is 0 Å². The fourth-order valence-corrected chi connectivity index (χ4v) is 4.88. The maximum Gasteiger partial charge on any atom is 0.222 e. The molecule has 1 unspecified atom stereocenters. The van der Waals surface area contributed by atoms with Crippen molar-refractivity contribution in [2.45, 2.75) is 64.0 Å². The first-order valence-electron chi connectivity index (χ1n) is 9.23. The summed E-state index contributed by atoms with van der Waals surface area (Å²) in [6, 6.07) is 4.87. The minimum absolute atomic E-state index is 0.391. The summed E-state index contributed by atoms with van der Waals surface area (Å²) in [4.78, 5) is 18.5. The van der Waals surface area contributed by atoms with E-state index in [2.05, 4.69) is 34.4 Å². The molecule has 2 fully saturated rings. The molecular weight excluding hydrogens is 304 g/mol. The summed E-state index contributed by atoms with van der Waals surface area (Å²) in [5.74, 6) is 1.15. The first-order valence-corrected chi connectivity index (χ1v) is 10.1. The SMILES string of the molecule is CN(Cc1cccs1)C1CCC(=O)N(CC2CCCCC2)CC1. The fourth-order valence-electron chi connectivity index (χ4n) is 4.11. The van der Waals surface area contributed by atoms with E-state index >= 15 is 0 Å². The van der Waals surface area contributed by atoms with Crippen LogP contribution in [0, 0.1) is 5.92 Å². The van der Waals surface area contributed by atoms with Crippen LogP contribution in [-0.4, -0.2) is 41.9 Å². The highest BCUT2D eigenvalue weighted by atomic mass is 32.1. The quantitative estimate of drug-likeness (QED) is 0.808. The van der Waals surface area contributed by atoms with Crippen LogP contribution in [0.5, 0.6) is 0 Å². The third-order valence-electron chi connectivity index (χ3n) is 5.59. The van der Waals surface area contributed by atoms with Crippen molar-refractivity contribution in [2.75, 3.05) is 20.1 Å². The van der Waals surface area contributed by atoms with Crippen LogP contribution in [0.4, 0.5) is 0 Å². The van der Waals surface area contributed by atoms with Crippen molar-refractivity contribution < 1.29 is 4.79 Å². The molecule has 1 aliphatic carbocycles. The van der Waals surface area contributed by atoms with Gasteiger partial charge in [-0.2, -0.15) is 0 Å². The van der Waals surface area contributed by atoms with Gasteiger partial charge in [0.1, 0.15) is 0 Å². The fraction of sp³-hybridized carbons (Fsp3) is 0.737. The molecule has 1 saturated carbocycles. The molecule has 1 atom stereocenters. The Bertz CT molecular complexity index is 482. The second-order valence-corrected chi connectivity index (χ2v) is 8.35. The molecule has 0 bridgehead atoms. The molecule has 1 amide bonds. The van der Waals surface area contributed by atoms with E-state index in [9.17, 15) is 4.79 Å². The number of thiophene rings is 1.